The third kappa shape index (κ3) is 4.40. The van der Waals surface area contributed by atoms with Crippen molar-refractivity contribution in [2.45, 2.75) is 70.8 Å². The Morgan fingerprint density at radius 3 is 2.52 bits per heavy atom. The van der Waals surface area contributed by atoms with Crippen molar-refractivity contribution in [1.82, 2.24) is 20.2 Å². The molecule has 31 heavy (non-hydrogen) atoms. The fourth-order valence-corrected chi connectivity index (χ4v) is 4.32. The van der Waals surface area contributed by atoms with E-state index in [2.05, 4.69) is 32.2 Å². The number of aromatic amines is 1. The van der Waals surface area contributed by atoms with Gasteiger partial charge in [-0.05, 0) is 51.3 Å². The number of nitrogens with zero attached hydrogens (tertiary/aromatic N) is 4. The van der Waals surface area contributed by atoms with Gasteiger partial charge in [0, 0.05) is 17.9 Å². The number of esters is 1. The van der Waals surface area contributed by atoms with Gasteiger partial charge in [0.1, 0.15) is 0 Å². The number of hydrogen-bond acceptors (Lipinski definition) is 6. The Bertz CT molecular complexity index is 1020. The first-order chi connectivity index (χ1) is 15.0. The Labute approximate surface area is 183 Å². The van der Waals surface area contributed by atoms with Gasteiger partial charge in [-0.15, -0.1) is 0 Å². The monoisotopic (exact) mass is 421 g/mol. The van der Waals surface area contributed by atoms with Crippen LogP contribution in [-0.2, 0) is 14.9 Å². The van der Waals surface area contributed by atoms with E-state index in [1.165, 1.54) is 25.7 Å². The van der Waals surface area contributed by atoms with Gasteiger partial charge in [0.2, 0.25) is 5.95 Å². The van der Waals surface area contributed by atoms with E-state index < -0.39 is 5.41 Å². The minimum absolute atomic E-state index is 0.212. The lowest BCUT2D eigenvalue weighted by Crippen LogP contribution is -2.33. The van der Waals surface area contributed by atoms with Crippen molar-refractivity contribution in [2.75, 3.05) is 11.5 Å². The molecule has 1 saturated carbocycles. The van der Waals surface area contributed by atoms with E-state index in [1.54, 1.807) is 6.20 Å². The molecule has 0 amide bonds. The lowest BCUT2D eigenvalue weighted by Gasteiger charge is -2.32. The maximum absolute atomic E-state index is 12.4. The Morgan fingerprint density at radius 2 is 1.84 bits per heavy atom. The first-order valence-corrected chi connectivity index (χ1v) is 11.2. The van der Waals surface area contributed by atoms with Gasteiger partial charge in [-0.25, -0.2) is 4.98 Å². The summed E-state index contributed by atoms with van der Waals surface area (Å²) >= 11 is 0. The maximum atomic E-state index is 12.4. The predicted octanol–water partition coefficient (Wildman–Crippen LogP) is 5.05. The summed E-state index contributed by atoms with van der Waals surface area (Å²) in [4.78, 5) is 24.1. The first kappa shape index (κ1) is 21.3. The molecule has 2 aromatic heterocycles. The number of carbonyl (C=O) groups is 1. The second kappa shape index (κ2) is 9.04. The molecule has 1 aliphatic rings. The molecule has 0 spiro atoms. The van der Waals surface area contributed by atoms with Gasteiger partial charge in [-0.3, -0.25) is 9.89 Å². The maximum Gasteiger partial charge on any atom is 0.315 e. The van der Waals surface area contributed by atoms with E-state index in [0.29, 0.717) is 18.6 Å². The molecule has 0 unspecified atom stereocenters. The number of benzene rings is 1. The average Bonchev–Trinajstić information content (AvgIpc) is 3.08. The SMILES string of the molecule is CCOC(=O)C(C)(C)c1ccc(N(c2ncc3cn[nH]c3n2)C2CCCCCC2)cc1. The third-order valence-corrected chi connectivity index (χ3v) is 6.24. The van der Waals surface area contributed by atoms with Crippen LogP contribution >= 0.6 is 0 Å². The number of carbonyl (C=O) groups excluding carboxylic acids is 1. The lowest BCUT2D eigenvalue weighted by atomic mass is 9.84. The van der Waals surface area contributed by atoms with Crippen LogP contribution in [0.2, 0.25) is 0 Å². The molecular formula is C24H31N5O2. The molecule has 0 saturated heterocycles. The van der Waals surface area contributed by atoms with Gasteiger partial charge < -0.3 is 9.64 Å². The summed E-state index contributed by atoms with van der Waals surface area (Å²) < 4.78 is 5.27. The van der Waals surface area contributed by atoms with E-state index in [-0.39, 0.29) is 5.97 Å². The molecule has 7 nitrogen and oxygen atoms in total. The molecule has 1 fully saturated rings. The summed E-state index contributed by atoms with van der Waals surface area (Å²) in [6.45, 7) is 6.01. The van der Waals surface area contributed by atoms with E-state index in [9.17, 15) is 4.79 Å². The van der Waals surface area contributed by atoms with Crippen molar-refractivity contribution in [3.8, 4) is 0 Å². The summed E-state index contributed by atoms with van der Waals surface area (Å²) in [7, 11) is 0. The van der Waals surface area contributed by atoms with Crippen LogP contribution in [0.1, 0.15) is 64.9 Å². The van der Waals surface area contributed by atoms with Crippen LogP contribution in [0.4, 0.5) is 11.6 Å². The van der Waals surface area contributed by atoms with E-state index >= 15 is 0 Å². The Hall–Kier alpha value is -2.96. The number of rotatable bonds is 6. The molecule has 0 radical (unpaired) electrons. The number of fused-ring (bicyclic) bond motifs is 1. The molecule has 7 heteroatoms. The predicted molar refractivity (Wildman–Crippen MR) is 121 cm³/mol. The number of anilines is 2. The normalized spacial score (nSPS) is 15.6. The van der Waals surface area contributed by atoms with E-state index in [4.69, 9.17) is 9.72 Å². The van der Waals surface area contributed by atoms with Crippen molar-refractivity contribution >= 4 is 28.6 Å². The van der Waals surface area contributed by atoms with Crippen LogP contribution in [0.15, 0.2) is 36.7 Å². The van der Waals surface area contributed by atoms with Gasteiger partial charge in [0.05, 0.1) is 23.6 Å². The minimum atomic E-state index is -0.701. The number of aromatic nitrogens is 4. The molecule has 3 aromatic rings. The zero-order chi connectivity index (χ0) is 21.8. The average molecular weight is 422 g/mol. The summed E-state index contributed by atoms with van der Waals surface area (Å²) in [5, 5.41) is 7.94. The highest BCUT2D eigenvalue weighted by atomic mass is 16.5. The van der Waals surface area contributed by atoms with Gasteiger partial charge in [0.25, 0.3) is 0 Å². The minimum Gasteiger partial charge on any atom is -0.465 e. The summed E-state index contributed by atoms with van der Waals surface area (Å²) in [6, 6.07) is 8.52. The quantitative estimate of drug-likeness (QED) is 0.443. The highest BCUT2D eigenvalue weighted by molar-refractivity contribution is 5.82. The first-order valence-electron chi connectivity index (χ1n) is 11.2. The topological polar surface area (TPSA) is 84.0 Å². The molecule has 0 aliphatic heterocycles. The van der Waals surface area contributed by atoms with Gasteiger partial charge >= 0.3 is 5.97 Å². The highest BCUT2D eigenvalue weighted by Gasteiger charge is 2.32. The lowest BCUT2D eigenvalue weighted by molar-refractivity contribution is -0.148. The Kier molecular flexibility index (Phi) is 6.20. The van der Waals surface area contributed by atoms with Crippen LogP contribution in [-0.4, -0.2) is 38.8 Å². The highest BCUT2D eigenvalue weighted by Crippen LogP contribution is 2.34. The fourth-order valence-electron chi connectivity index (χ4n) is 4.32. The van der Waals surface area contributed by atoms with Gasteiger partial charge in [0.15, 0.2) is 5.65 Å². The largest absolute Gasteiger partial charge is 0.465 e. The fraction of sp³-hybridized carbons (Fsp3) is 0.500. The van der Waals surface area contributed by atoms with Crippen molar-refractivity contribution in [1.29, 1.82) is 0 Å². The molecule has 1 aliphatic carbocycles. The van der Waals surface area contributed by atoms with Crippen LogP contribution in [0.5, 0.6) is 0 Å². The summed E-state index contributed by atoms with van der Waals surface area (Å²) in [5.41, 5.74) is 2.01. The summed E-state index contributed by atoms with van der Waals surface area (Å²) in [6.07, 6.45) is 10.8. The van der Waals surface area contributed by atoms with Crippen LogP contribution in [0, 0.1) is 0 Å². The second-order valence-electron chi connectivity index (χ2n) is 8.75. The number of hydrogen-bond donors (Lipinski definition) is 1. The number of H-pyrrole nitrogens is 1. The van der Waals surface area contributed by atoms with E-state index in [1.807, 2.05) is 39.1 Å². The molecule has 1 N–H and O–H groups in total. The smallest absolute Gasteiger partial charge is 0.315 e. The van der Waals surface area contributed by atoms with Crippen LogP contribution in [0.25, 0.3) is 11.0 Å². The Balaban J connectivity index is 1.70. The zero-order valence-corrected chi connectivity index (χ0v) is 18.6. The molecule has 0 bridgehead atoms. The van der Waals surface area contributed by atoms with Crippen molar-refractivity contribution in [3.63, 3.8) is 0 Å². The molecule has 4 rings (SSSR count). The van der Waals surface area contributed by atoms with Crippen molar-refractivity contribution in [3.05, 3.63) is 42.2 Å². The zero-order valence-electron chi connectivity index (χ0n) is 18.6. The second-order valence-corrected chi connectivity index (χ2v) is 8.75. The van der Waals surface area contributed by atoms with Gasteiger partial charge in [-0.1, -0.05) is 37.8 Å². The van der Waals surface area contributed by atoms with Crippen molar-refractivity contribution in [2.24, 2.45) is 0 Å². The van der Waals surface area contributed by atoms with E-state index in [0.717, 1.165) is 35.1 Å². The number of nitrogens with one attached hydrogen (secondary N) is 1. The molecular weight excluding hydrogens is 390 g/mol. The third-order valence-electron chi connectivity index (χ3n) is 6.24. The molecule has 164 valence electrons. The van der Waals surface area contributed by atoms with Crippen molar-refractivity contribution < 1.29 is 9.53 Å². The summed E-state index contributed by atoms with van der Waals surface area (Å²) in [5.74, 6) is 0.470. The van der Waals surface area contributed by atoms with Crippen LogP contribution < -0.4 is 4.90 Å². The molecule has 0 atom stereocenters. The molecule has 1 aromatic carbocycles. The molecule has 2 heterocycles. The Morgan fingerprint density at radius 1 is 1.13 bits per heavy atom. The van der Waals surface area contributed by atoms with Crippen LogP contribution in [0.3, 0.4) is 0 Å². The number of ether oxygens (including phenoxy) is 1. The van der Waals surface area contributed by atoms with Gasteiger partial charge in [-0.2, -0.15) is 10.1 Å². The standard InChI is InChI=1S/C24H31N5O2/c1-4-31-22(30)24(2,3)18-11-13-20(14-12-18)29(19-9-7-5-6-8-10-19)23-25-15-17-16-26-28-21(17)27-23/h11-16,19H,4-10H2,1-3H3,(H,25,26,27,28).